The van der Waals surface area contributed by atoms with E-state index in [1.165, 1.54) is 0 Å². The number of piperidine rings is 1. The molecule has 0 spiro atoms. The molecule has 0 saturated carbocycles. The van der Waals surface area contributed by atoms with Crippen molar-refractivity contribution in [3.63, 3.8) is 0 Å². The second-order valence-electron chi connectivity index (χ2n) is 3.37. The SMILES string of the molecule is CC1(C#CC(=O)O)CCNCC1. The van der Waals surface area contributed by atoms with Crippen LogP contribution in [0.15, 0.2) is 0 Å². The van der Waals surface area contributed by atoms with Gasteiger partial charge in [0.1, 0.15) is 0 Å². The Morgan fingerprint density at radius 3 is 2.58 bits per heavy atom. The molecule has 0 aromatic carbocycles. The van der Waals surface area contributed by atoms with E-state index in [0.717, 1.165) is 25.9 Å². The van der Waals surface area contributed by atoms with Gasteiger partial charge in [-0.25, -0.2) is 4.79 Å². The number of hydrogen-bond acceptors (Lipinski definition) is 2. The highest BCUT2D eigenvalue weighted by Gasteiger charge is 2.24. The molecule has 0 aromatic rings. The molecule has 1 heterocycles. The zero-order valence-electron chi connectivity index (χ0n) is 7.18. The first-order valence-electron chi connectivity index (χ1n) is 4.09. The summed E-state index contributed by atoms with van der Waals surface area (Å²) < 4.78 is 0. The quantitative estimate of drug-likeness (QED) is 0.515. The maximum absolute atomic E-state index is 10.2. The molecular weight excluding hydrogens is 154 g/mol. The van der Waals surface area contributed by atoms with Crippen molar-refractivity contribution in [2.24, 2.45) is 5.41 Å². The maximum Gasteiger partial charge on any atom is 0.381 e. The van der Waals surface area contributed by atoms with E-state index < -0.39 is 5.97 Å². The highest BCUT2D eigenvalue weighted by molar-refractivity contribution is 5.86. The Hall–Kier alpha value is -1.01. The Kier molecular flexibility index (Phi) is 2.72. The van der Waals surface area contributed by atoms with E-state index in [1.54, 1.807) is 0 Å². The third kappa shape index (κ3) is 2.55. The molecule has 0 bridgehead atoms. The third-order valence-corrected chi connectivity index (χ3v) is 2.18. The van der Waals surface area contributed by atoms with Gasteiger partial charge >= 0.3 is 5.97 Å². The maximum atomic E-state index is 10.2. The Labute approximate surface area is 72.2 Å². The molecule has 0 aromatic heterocycles. The second-order valence-corrected chi connectivity index (χ2v) is 3.37. The van der Waals surface area contributed by atoms with Gasteiger partial charge in [0.25, 0.3) is 0 Å². The average molecular weight is 167 g/mol. The van der Waals surface area contributed by atoms with E-state index in [2.05, 4.69) is 17.2 Å². The van der Waals surface area contributed by atoms with Crippen LogP contribution in [0.2, 0.25) is 0 Å². The third-order valence-electron chi connectivity index (χ3n) is 2.18. The van der Waals surface area contributed by atoms with E-state index in [9.17, 15) is 4.79 Å². The summed E-state index contributed by atoms with van der Waals surface area (Å²) in [6, 6.07) is 0. The average Bonchev–Trinajstić information content (AvgIpc) is 2.03. The molecule has 1 aliphatic rings. The summed E-state index contributed by atoms with van der Waals surface area (Å²) in [7, 11) is 0. The number of aliphatic carboxylic acids is 1. The van der Waals surface area contributed by atoms with E-state index in [0.29, 0.717) is 0 Å². The van der Waals surface area contributed by atoms with Gasteiger partial charge in [0, 0.05) is 11.3 Å². The summed E-state index contributed by atoms with van der Waals surface area (Å²) >= 11 is 0. The normalized spacial score (nSPS) is 20.8. The lowest BCUT2D eigenvalue weighted by atomic mass is 9.82. The molecule has 0 amide bonds. The molecule has 0 atom stereocenters. The first-order chi connectivity index (χ1) is 5.62. The van der Waals surface area contributed by atoms with Crippen LogP contribution in [0.3, 0.4) is 0 Å². The van der Waals surface area contributed by atoms with Gasteiger partial charge in [0.05, 0.1) is 0 Å². The molecule has 1 fully saturated rings. The van der Waals surface area contributed by atoms with Crippen molar-refractivity contribution in [3.8, 4) is 11.8 Å². The van der Waals surface area contributed by atoms with Crippen LogP contribution < -0.4 is 5.32 Å². The monoisotopic (exact) mass is 167 g/mol. The Balaban J connectivity index is 2.59. The standard InChI is InChI=1S/C9H13NO2/c1-9(3-2-8(11)12)4-6-10-7-5-9/h10H,4-7H2,1H3,(H,11,12). The molecule has 3 heteroatoms. The summed E-state index contributed by atoms with van der Waals surface area (Å²) in [4.78, 5) is 10.2. The molecule has 3 nitrogen and oxygen atoms in total. The van der Waals surface area contributed by atoms with Crippen molar-refractivity contribution in [3.05, 3.63) is 0 Å². The summed E-state index contributed by atoms with van der Waals surface area (Å²) in [5, 5.41) is 11.6. The largest absolute Gasteiger partial charge is 0.472 e. The fraction of sp³-hybridized carbons (Fsp3) is 0.667. The van der Waals surface area contributed by atoms with E-state index >= 15 is 0 Å². The predicted molar refractivity (Wildman–Crippen MR) is 45.6 cm³/mol. The van der Waals surface area contributed by atoms with Gasteiger partial charge < -0.3 is 10.4 Å². The smallest absolute Gasteiger partial charge is 0.381 e. The van der Waals surface area contributed by atoms with Crippen molar-refractivity contribution in [2.75, 3.05) is 13.1 Å². The fourth-order valence-corrected chi connectivity index (χ4v) is 1.31. The van der Waals surface area contributed by atoms with E-state index in [4.69, 9.17) is 5.11 Å². The first kappa shape index (κ1) is 9.08. The zero-order chi connectivity index (χ0) is 9.03. The number of carboxylic acid groups (broad SMARTS) is 1. The summed E-state index contributed by atoms with van der Waals surface area (Å²) in [6.45, 7) is 3.89. The van der Waals surface area contributed by atoms with Crippen molar-refractivity contribution < 1.29 is 9.90 Å². The topological polar surface area (TPSA) is 49.3 Å². The van der Waals surface area contributed by atoms with Gasteiger partial charge in [0.2, 0.25) is 0 Å². The van der Waals surface area contributed by atoms with Crippen molar-refractivity contribution in [1.82, 2.24) is 5.32 Å². The summed E-state index contributed by atoms with van der Waals surface area (Å²) in [5.41, 5.74) is -0.0936. The molecule has 1 rings (SSSR count). The van der Waals surface area contributed by atoms with Crippen molar-refractivity contribution >= 4 is 5.97 Å². The molecular formula is C9H13NO2. The molecule has 1 aliphatic heterocycles. The van der Waals surface area contributed by atoms with Gasteiger partial charge in [0.15, 0.2) is 0 Å². The Bertz CT molecular complexity index is 231. The number of nitrogens with one attached hydrogen (secondary N) is 1. The molecule has 12 heavy (non-hydrogen) atoms. The van der Waals surface area contributed by atoms with Gasteiger partial charge in [-0.15, -0.1) is 0 Å². The predicted octanol–water partition coefficient (Wildman–Crippen LogP) is 0.464. The number of rotatable bonds is 0. The minimum Gasteiger partial charge on any atom is -0.472 e. The lowest BCUT2D eigenvalue weighted by Crippen LogP contribution is -2.33. The lowest BCUT2D eigenvalue weighted by molar-refractivity contribution is -0.130. The molecule has 0 radical (unpaired) electrons. The zero-order valence-corrected chi connectivity index (χ0v) is 7.18. The number of hydrogen-bond donors (Lipinski definition) is 2. The van der Waals surface area contributed by atoms with Crippen LogP contribution in [0, 0.1) is 17.3 Å². The van der Waals surface area contributed by atoms with E-state index in [-0.39, 0.29) is 5.41 Å². The van der Waals surface area contributed by atoms with Crippen LogP contribution in [0.1, 0.15) is 19.8 Å². The van der Waals surface area contributed by atoms with E-state index in [1.807, 2.05) is 6.92 Å². The summed E-state index contributed by atoms with van der Waals surface area (Å²) in [6.07, 6.45) is 1.88. The second kappa shape index (κ2) is 3.59. The van der Waals surface area contributed by atoms with Crippen LogP contribution in [0.25, 0.3) is 0 Å². The highest BCUT2D eigenvalue weighted by atomic mass is 16.4. The lowest BCUT2D eigenvalue weighted by Gasteiger charge is -2.28. The Morgan fingerprint density at radius 2 is 2.08 bits per heavy atom. The van der Waals surface area contributed by atoms with Gasteiger partial charge in [-0.1, -0.05) is 5.92 Å². The minimum atomic E-state index is -1.03. The van der Waals surface area contributed by atoms with Crippen LogP contribution >= 0.6 is 0 Å². The molecule has 2 N–H and O–H groups in total. The first-order valence-corrected chi connectivity index (χ1v) is 4.09. The van der Waals surface area contributed by atoms with Crippen LogP contribution in [0.5, 0.6) is 0 Å². The van der Waals surface area contributed by atoms with Crippen molar-refractivity contribution in [2.45, 2.75) is 19.8 Å². The Morgan fingerprint density at radius 1 is 1.50 bits per heavy atom. The molecule has 0 unspecified atom stereocenters. The van der Waals surface area contributed by atoms with Gasteiger partial charge in [-0.3, -0.25) is 0 Å². The fourth-order valence-electron chi connectivity index (χ4n) is 1.31. The highest BCUT2D eigenvalue weighted by Crippen LogP contribution is 2.26. The van der Waals surface area contributed by atoms with Crippen LogP contribution in [-0.4, -0.2) is 24.2 Å². The molecule has 0 aliphatic carbocycles. The van der Waals surface area contributed by atoms with Crippen LogP contribution in [-0.2, 0) is 4.79 Å². The summed E-state index contributed by atoms with van der Waals surface area (Å²) in [5.74, 6) is 3.97. The molecule has 1 saturated heterocycles. The molecule has 66 valence electrons. The number of carboxylic acids is 1. The minimum absolute atomic E-state index is 0.0936. The van der Waals surface area contributed by atoms with Crippen molar-refractivity contribution in [1.29, 1.82) is 0 Å². The number of carbonyl (C=O) groups is 1. The van der Waals surface area contributed by atoms with Gasteiger partial charge in [-0.05, 0) is 32.9 Å². The van der Waals surface area contributed by atoms with Crippen LogP contribution in [0.4, 0.5) is 0 Å². The van der Waals surface area contributed by atoms with Gasteiger partial charge in [-0.2, -0.15) is 0 Å².